The third-order valence-electron chi connectivity index (χ3n) is 5.12. The lowest BCUT2D eigenvalue weighted by Crippen LogP contribution is -2.48. The molecule has 31 heavy (non-hydrogen) atoms. The molecule has 0 radical (unpaired) electrons. The van der Waals surface area contributed by atoms with Crippen LogP contribution in [0.5, 0.6) is 0 Å². The smallest absolute Gasteiger partial charge is 0.351 e. The molecule has 0 spiro atoms. The molecule has 0 aliphatic carbocycles. The zero-order chi connectivity index (χ0) is 22.8. The number of alkyl halides is 3. The normalized spacial score (nSPS) is 16.7. The average molecular weight is 446 g/mol. The maximum Gasteiger partial charge on any atom is 0.416 e. The van der Waals surface area contributed by atoms with Crippen molar-refractivity contribution < 1.29 is 18.0 Å². The van der Waals surface area contributed by atoms with Crippen molar-refractivity contribution in [3.05, 3.63) is 89.1 Å². The molecule has 0 saturated heterocycles. The van der Waals surface area contributed by atoms with Crippen LogP contribution in [0, 0.1) is 6.92 Å². The second-order valence-electron chi connectivity index (χ2n) is 7.17. The molecule has 1 amide bonds. The van der Waals surface area contributed by atoms with Crippen molar-refractivity contribution in [3.63, 3.8) is 0 Å². The third-order valence-corrected chi connectivity index (χ3v) is 5.46. The molecule has 2 aromatic rings. The molecule has 4 nitrogen and oxygen atoms in total. The minimum absolute atomic E-state index is 0.360. The zero-order valence-corrected chi connectivity index (χ0v) is 17.9. The van der Waals surface area contributed by atoms with Gasteiger partial charge in [0, 0.05) is 17.9 Å². The minimum Gasteiger partial charge on any atom is -0.351 e. The van der Waals surface area contributed by atoms with Crippen molar-refractivity contribution in [2.45, 2.75) is 26.1 Å². The fourth-order valence-electron chi connectivity index (χ4n) is 3.44. The highest BCUT2D eigenvalue weighted by Gasteiger charge is 2.35. The number of thiocarbonyl (C=S) groups is 1. The number of nitrogens with one attached hydrogen (secondary N) is 2. The Kier molecular flexibility index (Phi) is 6.50. The molecule has 2 aromatic carbocycles. The number of halogens is 3. The Morgan fingerprint density at radius 3 is 2.42 bits per heavy atom. The van der Waals surface area contributed by atoms with E-state index in [9.17, 15) is 18.0 Å². The molecule has 162 valence electrons. The number of amides is 1. The Morgan fingerprint density at radius 2 is 1.84 bits per heavy atom. The van der Waals surface area contributed by atoms with Gasteiger partial charge < -0.3 is 15.5 Å². The maximum atomic E-state index is 13.3. The molecule has 3 rings (SSSR count). The van der Waals surface area contributed by atoms with Crippen molar-refractivity contribution in [2.24, 2.45) is 0 Å². The second kappa shape index (κ2) is 8.93. The second-order valence-corrected chi connectivity index (χ2v) is 7.56. The van der Waals surface area contributed by atoms with E-state index in [-0.39, 0.29) is 5.91 Å². The average Bonchev–Trinajstić information content (AvgIpc) is 2.71. The van der Waals surface area contributed by atoms with Gasteiger partial charge in [0.1, 0.15) is 0 Å². The molecule has 0 fully saturated rings. The number of hydrogen-bond donors (Lipinski definition) is 2. The number of nitrogens with zero attached hydrogens (tertiary/aromatic N) is 1. The lowest BCUT2D eigenvalue weighted by Gasteiger charge is -2.37. The number of benzene rings is 2. The van der Waals surface area contributed by atoms with Gasteiger partial charge in [-0.25, -0.2) is 0 Å². The topological polar surface area (TPSA) is 44.4 Å². The molecule has 0 bridgehead atoms. The quantitative estimate of drug-likeness (QED) is 0.482. The summed E-state index contributed by atoms with van der Waals surface area (Å²) in [4.78, 5) is 15.0. The van der Waals surface area contributed by atoms with E-state index in [4.69, 9.17) is 12.2 Å². The van der Waals surface area contributed by atoms with Gasteiger partial charge >= 0.3 is 6.18 Å². The summed E-state index contributed by atoms with van der Waals surface area (Å²) in [6.07, 6.45) is -2.78. The molecular weight excluding hydrogens is 423 g/mol. The summed E-state index contributed by atoms with van der Waals surface area (Å²) in [6, 6.07) is 11.4. The summed E-state index contributed by atoms with van der Waals surface area (Å²) < 4.78 is 38.9. The molecule has 0 unspecified atom stereocenters. The van der Waals surface area contributed by atoms with Gasteiger partial charge in [-0.3, -0.25) is 4.79 Å². The van der Waals surface area contributed by atoms with E-state index < -0.39 is 17.8 Å². The van der Waals surface area contributed by atoms with E-state index in [1.165, 1.54) is 12.1 Å². The Bertz CT molecular complexity index is 1040. The summed E-state index contributed by atoms with van der Waals surface area (Å²) in [6.45, 7) is 7.75. The predicted molar refractivity (Wildman–Crippen MR) is 119 cm³/mol. The molecule has 0 aromatic heterocycles. The number of allylic oxidation sites excluding steroid dienone is 1. The summed E-state index contributed by atoms with van der Waals surface area (Å²) >= 11 is 5.44. The number of aryl methyl sites for hydroxylation is 1. The van der Waals surface area contributed by atoms with Gasteiger partial charge in [-0.15, -0.1) is 6.58 Å². The zero-order valence-electron chi connectivity index (χ0n) is 17.1. The molecule has 8 heteroatoms. The fourth-order valence-corrected chi connectivity index (χ4v) is 3.77. The van der Waals surface area contributed by atoms with Gasteiger partial charge in [-0.2, -0.15) is 13.2 Å². The molecular formula is C23H22F3N3OS. The van der Waals surface area contributed by atoms with Gasteiger partial charge in [-0.05, 0) is 55.4 Å². The van der Waals surface area contributed by atoms with Crippen LogP contribution >= 0.6 is 12.2 Å². The molecule has 1 aliphatic heterocycles. The van der Waals surface area contributed by atoms with Gasteiger partial charge in [0.25, 0.3) is 5.91 Å². The van der Waals surface area contributed by atoms with Crippen LogP contribution in [-0.2, 0) is 11.0 Å². The van der Waals surface area contributed by atoms with E-state index in [0.29, 0.717) is 34.2 Å². The van der Waals surface area contributed by atoms with E-state index in [0.717, 1.165) is 17.7 Å². The number of carbonyl (C=O) groups is 1. The summed E-state index contributed by atoms with van der Waals surface area (Å²) in [7, 11) is 0. The first kappa shape index (κ1) is 22.6. The molecule has 0 saturated carbocycles. The van der Waals surface area contributed by atoms with Crippen LogP contribution < -0.4 is 10.6 Å². The number of hydrogen-bond acceptors (Lipinski definition) is 2. The van der Waals surface area contributed by atoms with Crippen molar-refractivity contribution in [1.29, 1.82) is 0 Å². The molecule has 1 aliphatic rings. The maximum absolute atomic E-state index is 13.3. The summed E-state index contributed by atoms with van der Waals surface area (Å²) in [5, 5.41) is 6.38. The number of carbonyl (C=O) groups excluding carboxylic acids is 1. The van der Waals surface area contributed by atoms with E-state index in [1.807, 2.05) is 25.1 Å². The van der Waals surface area contributed by atoms with Gasteiger partial charge in [0.15, 0.2) is 5.11 Å². The highest BCUT2D eigenvalue weighted by molar-refractivity contribution is 7.80. The van der Waals surface area contributed by atoms with Crippen LogP contribution in [0.15, 0.2) is 72.5 Å². The van der Waals surface area contributed by atoms with E-state index in [2.05, 4.69) is 17.2 Å². The van der Waals surface area contributed by atoms with Crippen LogP contribution in [0.25, 0.3) is 0 Å². The van der Waals surface area contributed by atoms with Crippen LogP contribution in [-0.4, -0.2) is 22.5 Å². The van der Waals surface area contributed by atoms with Crippen molar-refractivity contribution in [3.8, 4) is 0 Å². The van der Waals surface area contributed by atoms with Crippen molar-refractivity contribution in [1.82, 2.24) is 10.2 Å². The predicted octanol–water partition coefficient (Wildman–Crippen LogP) is 5.34. The van der Waals surface area contributed by atoms with E-state index >= 15 is 0 Å². The third kappa shape index (κ3) is 4.80. The van der Waals surface area contributed by atoms with Crippen LogP contribution in [0.4, 0.5) is 18.9 Å². The van der Waals surface area contributed by atoms with Gasteiger partial charge in [-0.1, -0.05) is 36.4 Å². The van der Waals surface area contributed by atoms with E-state index in [1.54, 1.807) is 24.0 Å². The summed E-state index contributed by atoms with van der Waals surface area (Å²) in [5.41, 5.74) is 2.28. The van der Waals surface area contributed by atoms with Crippen LogP contribution in [0.1, 0.15) is 29.7 Å². The Morgan fingerprint density at radius 1 is 1.19 bits per heavy atom. The SMILES string of the molecule is C=CCN1C(=S)N[C@@H](c2ccc(C(F)(F)F)cc2)C(C(=O)Nc2ccccc2C)=C1C. The number of rotatable bonds is 5. The van der Waals surface area contributed by atoms with Crippen LogP contribution in [0.3, 0.4) is 0 Å². The highest BCUT2D eigenvalue weighted by Crippen LogP contribution is 2.34. The number of para-hydroxylation sites is 1. The molecule has 1 heterocycles. The summed E-state index contributed by atoms with van der Waals surface area (Å²) in [5.74, 6) is -0.360. The Balaban J connectivity index is 2.04. The Labute approximate surface area is 184 Å². The molecule has 2 N–H and O–H groups in total. The minimum atomic E-state index is -4.44. The first-order chi connectivity index (χ1) is 14.6. The lowest BCUT2D eigenvalue weighted by molar-refractivity contribution is -0.137. The standard InChI is InChI=1S/C23H22F3N3OS/c1-4-13-29-15(3)19(21(30)27-18-8-6-5-7-14(18)2)20(28-22(29)31)16-9-11-17(12-10-16)23(24,25)26/h4-12,20H,1,13H2,2-3H3,(H,27,30)(H,28,31)/t20-/m0/s1. The first-order valence-electron chi connectivity index (χ1n) is 9.57. The lowest BCUT2D eigenvalue weighted by atomic mass is 9.93. The van der Waals surface area contributed by atoms with Crippen LogP contribution in [0.2, 0.25) is 0 Å². The number of anilines is 1. The first-order valence-corrected chi connectivity index (χ1v) is 9.98. The van der Waals surface area contributed by atoms with Gasteiger partial charge in [0.2, 0.25) is 0 Å². The van der Waals surface area contributed by atoms with Crippen molar-refractivity contribution in [2.75, 3.05) is 11.9 Å². The fraction of sp³-hybridized carbons (Fsp3) is 0.217. The largest absolute Gasteiger partial charge is 0.416 e. The monoisotopic (exact) mass is 445 g/mol. The molecule has 1 atom stereocenters. The Hall–Kier alpha value is -3.13. The van der Waals surface area contributed by atoms with Gasteiger partial charge in [0.05, 0.1) is 17.2 Å². The van der Waals surface area contributed by atoms with Crippen molar-refractivity contribution >= 4 is 28.9 Å². The highest BCUT2D eigenvalue weighted by atomic mass is 32.1.